The minimum Gasteiger partial charge on any atom is -0.482 e. The van der Waals surface area contributed by atoms with E-state index >= 15 is 0 Å². The topological polar surface area (TPSA) is 73.7 Å². The highest BCUT2D eigenvalue weighted by Gasteiger charge is 2.28. The molecule has 2 rings (SSSR count). The lowest BCUT2D eigenvalue weighted by Gasteiger charge is -2.20. The molecule has 1 aromatic heterocycles. The average molecular weight is 386 g/mol. The number of amides is 2. The number of benzene rings is 1. The second kappa shape index (κ2) is 8.22. The zero-order chi connectivity index (χ0) is 18.6. The molecule has 0 aliphatic heterocycles. The van der Waals surface area contributed by atoms with Crippen molar-refractivity contribution in [1.29, 1.82) is 0 Å². The van der Waals surface area contributed by atoms with Crippen molar-refractivity contribution in [3.05, 3.63) is 40.0 Å². The third kappa shape index (κ3) is 4.64. The van der Waals surface area contributed by atoms with Crippen LogP contribution in [0.15, 0.2) is 24.3 Å². The molecule has 0 fully saturated rings. The van der Waals surface area contributed by atoms with Crippen LogP contribution >= 0.6 is 23.2 Å². The Balaban J connectivity index is 2.20. The van der Waals surface area contributed by atoms with Gasteiger partial charge < -0.3 is 9.47 Å². The van der Waals surface area contributed by atoms with Crippen molar-refractivity contribution in [2.45, 2.75) is 13.8 Å². The SMILES string of the molecule is CCOC(=O)N(C(=O)COc1ccc(Cl)cc1Cl)c1cc(C)nn1C. The Morgan fingerprint density at radius 1 is 1.28 bits per heavy atom. The first-order valence-corrected chi connectivity index (χ1v) is 8.17. The van der Waals surface area contributed by atoms with Crippen molar-refractivity contribution in [1.82, 2.24) is 9.78 Å². The highest BCUT2D eigenvalue weighted by atomic mass is 35.5. The van der Waals surface area contributed by atoms with Gasteiger partial charge in [0.05, 0.1) is 17.3 Å². The summed E-state index contributed by atoms with van der Waals surface area (Å²) < 4.78 is 11.8. The molecule has 2 aromatic rings. The molecule has 0 N–H and O–H groups in total. The van der Waals surface area contributed by atoms with Crippen LogP contribution in [0.4, 0.5) is 10.6 Å². The Labute approximate surface area is 155 Å². The van der Waals surface area contributed by atoms with E-state index in [9.17, 15) is 9.59 Å². The molecule has 1 heterocycles. The summed E-state index contributed by atoms with van der Waals surface area (Å²) in [5, 5.41) is 4.85. The number of hydrogen-bond donors (Lipinski definition) is 0. The van der Waals surface area contributed by atoms with Gasteiger partial charge in [0.1, 0.15) is 11.6 Å². The van der Waals surface area contributed by atoms with Crippen molar-refractivity contribution in [2.24, 2.45) is 7.05 Å². The average Bonchev–Trinajstić information content (AvgIpc) is 2.85. The molecule has 7 nitrogen and oxygen atoms in total. The molecule has 0 saturated heterocycles. The van der Waals surface area contributed by atoms with E-state index in [1.165, 1.54) is 10.7 Å². The monoisotopic (exact) mass is 385 g/mol. The number of nitrogens with zero attached hydrogens (tertiary/aromatic N) is 3. The minimum absolute atomic E-state index is 0.128. The van der Waals surface area contributed by atoms with Crippen LogP contribution in [0.5, 0.6) is 5.75 Å². The minimum atomic E-state index is -0.804. The number of imide groups is 1. The molecule has 9 heteroatoms. The van der Waals surface area contributed by atoms with Crippen molar-refractivity contribution in [3.8, 4) is 5.75 Å². The van der Waals surface area contributed by atoms with Gasteiger partial charge in [0.25, 0.3) is 5.91 Å². The predicted octanol–water partition coefficient (Wildman–Crippen LogP) is 3.60. The van der Waals surface area contributed by atoms with Crippen LogP contribution in [0.2, 0.25) is 10.0 Å². The molecule has 1 aromatic carbocycles. The fourth-order valence-electron chi connectivity index (χ4n) is 2.11. The number of carbonyl (C=O) groups is 2. The van der Waals surface area contributed by atoms with E-state index in [4.69, 9.17) is 32.7 Å². The number of aryl methyl sites for hydroxylation is 2. The fourth-order valence-corrected chi connectivity index (χ4v) is 2.58. The summed E-state index contributed by atoms with van der Waals surface area (Å²) in [6.07, 6.45) is -0.804. The lowest BCUT2D eigenvalue weighted by atomic mass is 10.3. The van der Waals surface area contributed by atoms with Crippen LogP contribution in [0.25, 0.3) is 0 Å². The number of carbonyl (C=O) groups excluding carboxylic acids is 2. The zero-order valence-corrected chi connectivity index (χ0v) is 15.5. The zero-order valence-electron chi connectivity index (χ0n) is 14.0. The van der Waals surface area contributed by atoms with Gasteiger partial charge in [-0.3, -0.25) is 9.48 Å². The van der Waals surface area contributed by atoms with Crippen LogP contribution < -0.4 is 9.64 Å². The molecule has 0 spiro atoms. The lowest BCUT2D eigenvalue weighted by Crippen LogP contribution is -2.41. The van der Waals surface area contributed by atoms with Gasteiger partial charge in [-0.1, -0.05) is 23.2 Å². The summed E-state index contributed by atoms with van der Waals surface area (Å²) in [6.45, 7) is 3.12. The summed E-state index contributed by atoms with van der Waals surface area (Å²) in [6, 6.07) is 6.22. The van der Waals surface area contributed by atoms with Gasteiger partial charge >= 0.3 is 6.09 Å². The molecular formula is C16H17Cl2N3O4. The summed E-state index contributed by atoms with van der Waals surface area (Å²) in [4.78, 5) is 25.7. The summed E-state index contributed by atoms with van der Waals surface area (Å²) in [7, 11) is 1.62. The van der Waals surface area contributed by atoms with Crippen LogP contribution in [-0.2, 0) is 16.6 Å². The van der Waals surface area contributed by atoms with Crippen molar-refractivity contribution >= 4 is 41.0 Å². The lowest BCUT2D eigenvalue weighted by molar-refractivity contribution is -0.120. The maximum Gasteiger partial charge on any atom is 0.422 e. The molecule has 0 unspecified atom stereocenters. The number of halogens is 2. The van der Waals surface area contributed by atoms with Gasteiger partial charge in [-0.05, 0) is 32.0 Å². The first-order chi connectivity index (χ1) is 11.8. The Morgan fingerprint density at radius 2 is 2.00 bits per heavy atom. The molecule has 2 amide bonds. The first kappa shape index (κ1) is 19.1. The quantitative estimate of drug-likeness (QED) is 0.785. The second-order valence-electron chi connectivity index (χ2n) is 5.06. The van der Waals surface area contributed by atoms with Crippen LogP contribution in [0.3, 0.4) is 0 Å². The Kier molecular flexibility index (Phi) is 6.27. The molecule has 25 heavy (non-hydrogen) atoms. The van der Waals surface area contributed by atoms with Gasteiger partial charge in [-0.15, -0.1) is 0 Å². The summed E-state index contributed by atoms with van der Waals surface area (Å²) in [5.74, 6) is -0.0522. The number of anilines is 1. The number of aromatic nitrogens is 2. The molecule has 134 valence electrons. The molecule has 0 radical (unpaired) electrons. The third-order valence-corrected chi connectivity index (χ3v) is 3.68. The molecule has 0 saturated carbocycles. The van der Waals surface area contributed by atoms with Gasteiger partial charge in [-0.25, -0.2) is 4.79 Å². The molecule has 0 aliphatic rings. The maximum absolute atomic E-state index is 12.6. The highest BCUT2D eigenvalue weighted by molar-refractivity contribution is 6.35. The van der Waals surface area contributed by atoms with Gasteiger partial charge in [0.2, 0.25) is 0 Å². The van der Waals surface area contributed by atoms with Crippen molar-refractivity contribution in [3.63, 3.8) is 0 Å². The number of ether oxygens (including phenoxy) is 2. The van der Waals surface area contributed by atoms with E-state index in [1.54, 1.807) is 39.1 Å². The Bertz CT molecular complexity index is 792. The first-order valence-electron chi connectivity index (χ1n) is 7.41. The van der Waals surface area contributed by atoms with Crippen LogP contribution in [-0.4, -0.2) is 35.0 Å². The van der Waals surface area contributed by atoms with Crippen molar-refractivity contribution < 1.29 is 19.1 Å². The van der Waals surface area contributed by atoms with Gasteiger partial charge in [0.15, 0.2) is 6.61 Å². The van der Waals surface area contributed by atoms with E-state index in [0.717, 1.165) is 4.90 Å². The molecule has 0 atom stereocenters. The van der Waals surface area contributed by atoms with E-state index < -0.39 is 18.6 Å². The predicted molar refractivity (Wildman–Crippen MR) is 94.4 cm³/mol. The summed E-state index contributed by atoms with van der Waals surface area (Å²) >= 11 is 11.8. The summed E-state index contributed by atoms with van der Waals surface area (Å²) in [5.41, 5.74) is 0.654. The van der Waals surface area contributed by atoms with E-state index in [2.05, 4.69) is 5.10 Å². The normalized spacial score (nSPS) is 10.4. The van der Waals surface area contributed by atoms with Gasteiger partial charge in [0, 0.05) is 18.1 Å². The van der Waals surface area contributed by atoms with Crippen molar-refractivity contribution in [2.75, 3.05) is 18.1 Å². The molecule has 0 bridgehead atoms. The maximum atomic E-state index is 12.6. The van der Waals surface area contributed by atoms with Gasteiger partial charge in [-0.2, -0.15) is 10.00 Å². The van der Waals surface area contributed by atoms with E-state index in [-0.39, 0.29) is 23.2 Å². The standard InChI is InChI=1S/C16H17Cl2N3O4/c1-4-24-16(23)21(14-7-10(2)19-20(14)3)15(22)9-25-13-6-5-11(17)8-12(13)18/h5-8H,4,9H2,1-3H3. The fraction of sp³-hybridized carbons (Fsp3) is 0.312. The Hall–Kier alpha value is -2.25. The largest absolute Gasteiger partial charge is 0.482 e. The third-order valence-electron chi connectivity index (χ3n) is 3.15. The van der Waals surface area contributed by atoms with E-state index in [1.807, 2.05) is 0 Å². The number of rotatable bonds is 5. The highest BCUT2D eigenvalue weighted by Crippen LogP contribution is 2.27. The van der Waals surface area contributed by atoms with Crippen LogP contribution in [0, 0.1) is 6.92 Å². The molecule has 0 aliphatic carbocycles. The Morgan fingerprint density at radius 3 is 2.56 bits per heavy atom. The molecular weight excluding hydrogens is 369 g/mol. The smallest absolute Gasteiger partial charge is 0.422 e. The number of hydrogen-bond acceptors (Lipinski definition) is 5. The van der Waals surface area contributed by atoms with E-state index in [0.29, 0.717) is 10.7 Å². The second-order valence-corrected chi connectivity index (χ2v) is 5.90. The van der Waals surface area contributed by atoms with Crippen LogP contribution in [0.1, 0.15) is 12.6 Å².